The molecule has 0 N–H and O–H groups in total. The van der Waals surface area contributed by atoms with E-state index in [9.17, 15) is 4.79 Å². The van der Waals surface area contributed by atoms with Gasteiger partial charge in [0.25, 0.3) is 0 Å². The number of pyridine rings is 1. The molecule has 0 unspecified atom stereocenters. The molecule has 126 valence electrons. The third-order valence-corrected chi connectivity index (χ3v) is 4.62. The van der Waals surface area contributed by atoms with Crippen LogP contribution in [0.4, 0.5) is 4.79 Å². The maximum atomic E-state index is 11.9. The van der Waals surface area contributed by atoms with Gasteiger partial charge in [0.1, 0.15) is 5.60 Å². The van der Waals surface area contributed by atoms with E-state index in [1.165, 1.54) is 0 Å². The second-order valence-corrected chi connectivity index (χ2v) is 6.73. The number of hydrogen-bond donors (Lipinski definition) is 0. The van der Waals surface area contributed by atoms with Crippen molar-refractivity contribution >= 4 is 6.03 Å². The molecular weight excluding hydrogens is 294 g/mol. The molecule has 1 aromatic rings. The second-order valence-electron chi connectivity index (χ2n) is 6.73. The Labute approximate surface area is 137 Å². The van der Waals surface area contributed by atoms with E-state index in [1.54, 1.807) is 25.2 Å². The van der Waals surface area contributed by atoms with Crippen LogP contribution in [0.5, 0.6) is 5.88 Å². The highest BCUT2D eigenvalue weighted by Gasteiger charge is 2.49. The van der Waals surface area contributed by atoms with Crippen molar-refractivity contribution in [3.63, 3.8) is 0 Å². The van der Waals surface area contributed by atoms with Gasteiger partial charge >= 0.3 is 6.03 Å². The van der Waals surface area contributed by atoms with Gasteiger partial charge in [-0.15, -0.1) is 0 Å². The topological polar surface area (TPSA) is 54.9 Å². The zero-order valence-electron chi connectivity index (χ0n) is 13.9. The van der Waals surface area contributed by atoms with Crippen molar-refractivity contribution in [2.24, 2.45) is 5.92 Å². The summed E-state index contributed by atoms with van der Waals surface area (Å²) >= 11 is 0. The van der Waals surface area contributed by atoms with Crippen LogP contribution in [0, 0.1) is 5.92 Å². The number of likely N-dealkylation sites (tertiary alicyclic amines) is 1. The lowest BCUT2D eigenvalue weighted by molar-refractivity contribution is -0.167. The summed E-state index contributed by atoms with van der Waals surface area (Å²) in [5.74, 6) is 1.27. The van der Waals surface area contributed by atoms with Crippen molar-refractivity contribution in [2.45, 2.75) is 24.9 Å². The van der Waals surface area contributed by atoms with E-state index in [1.807, 2.05) is 23.1 Å². The summed E-state index contributed by atoms with van der Waals surface area (Å²) in [5, 5.41) is 0. The predicted octanol–water partition coefficient (Wildman–Crippen LogP) is 2.01. The molecule has 23 heavy (non-hydrogen) atoms. The molecule has 3 heterocycles. The van der Waals surface area contributed by atoms with E-state index in [0.717, 1.165) is 25.9 Å². The summed E-state index contributed by atoms with van der Waals surface area (Å²) in [6.07, 6.45) is 4.82. The van der Waals surface area contributed by atoms with Crippen LogP contribution in [0.1, 0.15) is 19.3 Å². The number of nitrogens with zero attached hydrogens (tertiary/aromatic N) is 3. The summed E-state index contributed by atoms with van der Waals surface area (Å²) in [6, 6.07) is 5.75. The number of urea groups is 1. The molecule has 0 saturated carbocycles. The molecule has 1 aromatic heterocycles. The molecule has 3 rings (SSSR count). The third-order valence-electron chi connectivity index (χ3n) is 4.62. The van der Waals surface area contributed by atoms with E-state index in [0.29, 0.717) is 31.5 Å². The average Bonchev–Trinajstić information content (AvgIpc) is 2.53. The van der Waals surface area contributed by atoms with Gasteiger partial charge in [0.15, 0.2) is 0 Å². The van der Waals surface area contributed by atoms with Crippen LogP contribution in [-0.4, -0.2) is 66.8 Å². The SMILES string of the molecule is CN(C)C(=O)N1CC2(C[C@H](CCOc3ccccn3)CCO2)C1. The Balaban J connectivity index is 1.43. The minimum atomic E-state index is -0.125. The molecule has 6 heteroatoms. The quantitative estimate of drug-likeness (QED) is 0.852. The van der Waals surface area contributed by atoms with Crippen molar-refractivity contribution in [3.8, 4) is 5.88 Å². The van der Waals surface area contributed by atoms with E-state index in [4.69, 9.17) is 9.47 Å². The van der Waals surface area contributed by atoms with Crippen molar-refractivity contribution in [1.29, 1.82) is 0 Å². The van der Waals surface area contributed by atoms with Crippen LogP contribution < -0.4 is 4.74 Å². The fraction of sp³-hybridized carbons (Fsp3) is 0.647. The normalized spacial score (nSPS) is 22.5. The fourth-order valence-corrected chi connectivity index (χ4v) is 3.43. The van der Waals surface area contributed by atoms with Crippen LogP contribution in [0.15, 0.2) is 24.4 Å². The van der Waals surface area contributed by atoms with E-state index in [2.05, 4.69) is 4.98 Å². The Kier molecular flexibility index (Phi) is 4.71. The molecule has 2 saturated heterocycles. The molecule has 0 bridgehead atoms. The van der Waals surface area contributed by atoms with Crippen LogP contribution in [0.2, 0.25) is 0 Å². The number of carbonyl (C=O) groups excluding carboxylic acids is 1. The standard InChI is InChI=1S/C17H25N3O3/c1-19(2)16(21)20-12-17(13-20)11-14(7-10-23-17)6-9-22-15-5-3-4-8-18-15/h3-5,8,14H,6-7,9-13H2,1-2H3/t14-/m1/s1. The number of carbonyl (C=O) groups is 1. The fourth-order valence-electron chi connectivity index (χ4n) is 3.43. The zero-order chi connectivity index (χ0) is 16.3. The molecule has 2 amide bonds. The van der Waals surface area contributed by atoms with E-state index >= 15 is 0 Å². The Morgan fingerprint density at radius 1 is 1.48 bits per heavy atom. The maximum Gasteiger partial charge on any atom is 0.319 e. The summed E-state index contributed by atoms with van der Waals surface area (Å²) in [5.41, 5.74) is -0.125. The molecule has 0 aromatic carbocycles. The lowest BCUT2D eigenvalue weighted by Crippen LogP contribution is -2.67. The van der Waals surface area contributed by atoms with Crippen LogP contribution in [0.3, 0.4) is 0 Å². The van der Waals surface area contributed by atoms with Gasteiger partial charge < -0.3 is 19.3 Å². The largest absolute Gasteiger partial charge is 0.478 e. The molecule has 6 nitrogen and oxygen atoms in total. The average molecular weight is 319 g/mol. The third kappa shape index (κ3) is 3.75. The minimum absolute atomic E-state index is 0.0693. The number of aromatic nitrogens is 1. The monoisotopic (exact) mass is 319 g/mol. The smallest absolute Gasteiger partial charge is 0.319 e. The van der Waals surface area contributed by atoms with Gasteiger partial charge in [-0.1, -0.05) is 6.07 Å². The molecule has 0 aliphatic carbocycles. The highest BCUT2D eigenvalue weighted by molar-refractivity contribution is 5.75. The van der Waals surface area contributed by atoms with Gasteiger partial charge in [0.2, 0.25) is 5.88 Å². The lowest BCUT2D eigenvalue weighted by atomic mass is 9.79. The van der Waals surface area contributed by atoms with Gasteiger partial charge in [-0.25, -0.2) is 9.78 Å². The number of ether oxygens (including phenoxy) is 2. The highest BCUT2D eigenvalue weighted by Crippen LogP contribution is 2.38. The first kappa shape index (κ1) is 16.1. The summed E-state index contributed by atoms with van der Waals surface area (Å²) in [7, 11) is 3.57. The summed E-state index contributed by atoms with van der Waals surface area (Å²) < 4.78 is 11.7. The van der Waals surface area contributed by atoms with Gasteiger partial charge in [-0.05, 0) is 31.2 Å². The number of hydrogen-bond acceptors (Lipinski definition) is 4. The van der Waals surface area contributed by atoms with Crippen LogP contribution in [0.25, 0.3) is 0 Å². The first-order valence-electron chi connectivity index (χ1n) is 8.22. The molecule has 2 aliphatic heterocycles. The van der Waals surface area contributed by atoms with Gasteiger partial charge in [-0.2, -0.15) is 0 Å². The van der Waals surface area contributed by atoms with Crippen LogP contribution >= 0.6 is 0 Å². The Morgan fingerprint density at radius 2 is 2.30 bits per heavy atom. The Bertz CT molecular complexity index is 529. The molecule has 2 fully saturated rings. The van der Waals surface area contributed by atoms with Gasteiger partial charge in [0, 0.05) is 33.0 Å². The molecular formula is C17H25N3O3. The Morgan fingerprint density at radius 3 is 3.00 bits per heavy atom. The lowest BCUT2D eigenvalue weighted by Gasteiger charge is -2.53. The molecule has 1 atom stereocenters. The second kappa shape index (κ2) is 6.74. The predicted molar refractivity (Wildman–Crippen MR) is 86.4 cm³/mol. The van der Waals surface area contributed by atoms with Crippen molar-refractivity contribution < 1.29 is 14.3 Å². The minimum Gasteiger partial charge on any atom is -0.478 e. The Hall–Kier alpha value is -1.82. The number of amides is 2. The number of rotatable bonds is 4. The van der Waals surface area contributed by atoms with E-state index < -0.39 is 0 Å². The highest BCUT2D eigenvalue weighted by atomic mass is 16.5. The summed E-state index contributed by atoms with van der Waals surface area (Å²) in [4.78, 5) is 19.6. The molecule has 2 aliphatic rings. The first-order chi connectivity index (χ1) is 11.1. The van der Waals surface area contributed by atoms with Crippen LogP contribution in [-0.2, 0) is 4.74 Å². The molecule has 1 spiro atoms. The van der Waals surface area contributed by atoms with E-state index in [-0.39, 0.29) is 11.6 Å². The van der Waals surface area contributed by atoms with Crippen molar-refractivity contribution in [2.75, 3.05) is 40.4 Å². The maximum absolute atomic E-state index is 11.9. The molecule has 0 radical (unpaired) electrons. The van der Waals surface area contributed by atoms with Gasteiger partial charge in [0.05, 0.1) is 19.7 Å². The van der Waals surface area contributed by atoms with Gasteiger partial charge in [-0.3, -0.25) is 0 Å². The first-order valence-corrected chi connectivity index (χ1v) is 8.22. The zero-order valence-corrected chi connectivity index (χ0v) is 13.9. The van der Waals surface area contributed by atoms with Crippen molar-refractivity contribution in [1.82, 2.24) is 14.8 Å². The van der Waals surface area contributed by atoms with Crippen molar-refractivity contribution in [3.05, 3.63) is 24.4 Å². The summed E-state index contributed by atoms with van der Waals surface area (Å²) in [6.45, 7) is 2.87.